The minimum atomic E-state index is -0.266. The lowest BCUT2D eigenvalue weighted by Gasteiger charge is -2.11. The number of rotatable bonds is 5. The zero-order chi connectivity index (χ0) is 18.2. The highest BCUT2D eigenvalue weighted by atomic mass is 127. The fourth-order valence-corrected chi connectivity index (χ4v) is 2.60. The van der Waals surface area contributed by atoms with E-state index in [1.165, 1.54) is 0 Å². The van der Waals surface area contributed by atoms with Crippen molar-refractivity contribution in [3.8, 4) is 0 Å². The van der Waals surface area contributed by atoms with Crippen molar-refractivity contribution < 1.29 is 9.59 Å². The molecule has 0 aliphatic heterocycles. The molecule has 3 N–H and O–H groups in total. The van der Waals surface area contributed by atoms with E-state index in [1.807, 2.05) is 19.1 Å². The first-order chi connectivity index (χ1) is 12.0. The Morgan fingerprint density at radius 3 is 2.08 bits per heavy atom. The highest BCUT2D eigenvalue weighted by molar-refractivity contribution is 14.1. The zero-order valence-electron chi connectivity index (χ0n) is 13.6. The van der Waals surface area contributed by atoms with Gasteiger partial charge >= 0.3 is 0 Å². The van der Waals surface area contributed by atoms with E-state index in [0.29, 0.717) is 12.0 Å². The Kier molecular flexibility index (Phi) is 7.32. The predicted octanol–water partition coefficient (Wildman–Crippen LogP) is 4.16. The Hall–Kier alpha value is -2.00. The van der Waals surface area contributed by atoms with E-state index >= 15 is 0 Å². The van der Waals surface area contributed by atoms with Crippen LogP contribution in [0.25, 0.3) is 0 Å². The van der Waals surface area contributed by atoms with Gasteiger partial charge in [-0.15, -0.1) is 0 Å². The predicted molar refractivity (Wildman–Crippen MR) is 113 cm³/mol. The number of hydrogen-bond acceptors (Lipinski definition) is 3. The summed E-state index contributed by atoms with van der Waals surface area (Å²) < 4.78 is 1.06. The van der Waals surface area contributed by atoms with E-state index in [1.54, 1.807) is 36.4 Å². The third-order valence-electron chi connectivity index (χ3n) is 3.24. The van der Waals surface area contributed by atoms with E-state index in [0.717, 1.165) is 21.4 Å². The van der Waals surface area contributed by atoms with E-state index < -0.39 is 0 Å². The number of amides is 2. The van der Waals surface area contributed by atoms with Crippen molar-refractivity contribution in [2.45, 2.75) is 19.8 Å². The zero-order valence-corrected chi connectivity index (χ0v) is 16.6. The largest absolute Gasteiger partial charge is 0.332 e. The lowest BCUT2D eigenvalue weighted by Crippen LogP contribution is -2.34. The van der Waals surface area contributed by atoms with E-state index in [-0.39, 0.29) is 16.9 Å². The molecule has 130 valence electrons. The van der Waals surface area contributed by atoms with Crippen LogP contribution in [0.4, 0.5) is 11.4 Å². The van der Waals surface area contributed by atoms with Gasteiger partial charge in [-0.05, 0) is 89.8 Å². The Morgan fingerprint density at radius 2 is 1.52 bits per heavy atom. The molecule has 0 atom stereocenters. The maximum atomic E-state index is 12.1. The van der Waals surface area contributed by atoms with Gasteiger partial charge < -0.3 is 10.6 Å². The number of carbonyl (C=O) groups is 2. The molecule has 25 heavy (non-hydrogen) atoms. The van der Waals surface area contributed by atoms with E-state index in [2.05, 4.69) is 38.5 Å². The van der Waals surface area contributed by atoms with Crippen LogP contribution in [-0.4, -0.2) is 16.9 Å². The first-order valence-corrected chi connectivity index (χ1v) is 9.24. The van der Waals surface area contributed by atoms with E-state index in [9.17, 15) is 9.59 Å². The average Bonchev–Trinajstić information content (AvgIpc) is 2.57. The quantitative estimate of drug-likeness (QED) is 0.457. The Bertz CT molecular complexity index is 761. The maximum Gasteiger partial charge on any atom is 0.257 e. The summed E-state index contributed by atoms with van der Waals surface area (Å²) in [6.07, 6.45) is 1.30. The van der Waals surface area contributed by atoms with Crippen molar-refractivity contribution in [2.75, 3.05) is 10.6 Å². The molecule has 0 spiro atoms. The average molecular weight is 467 g/mol. The van der Waals surface area contributed by atoms with Crippen molar-refractivity contribution >= 4 is 63.1 Å². The Labute approximate surface area is 165 Å². The summed E-state index contributed by atoms with van der Waals surface area (Å²) in [5.74, 6) is -0.277. The molecule has 2 aromatic rings. The third-order valence-corrected chi connectivity index (χ3v) is 4.16. The molecule has 0 aliphatic carbocycles. The van der Waals surface area contributed by atoms with Gasteiger partial charge in [-0.25, -0.2) is 0 Å². The first-order valence-electron chi connectivity index (χ1n) is 7.75. The van der Waals surface area contributed by atoms with Crippen LogP contribution in [-0.2, 0) is 4.79 Å². The van der Waals surface area contributed by atoms with Crippen LogP contribution in [0.2, 0.25) is 0 Å². The second-order valence-electron chi connectivity index (χ2n) is 5.29. The summed E-state index contributed by atoms with van der Waals surface area (Å²) in [6.45, 7) is 1.96. The third kappa shape index (κ3) is 6.43. The molecule has 0 aromatic heterocycles. The molecule has 0 unspecified atom stereocenters. The Balaban J connectivity index is 1.88. The topological polar surface area (TPSA) is 70.2 Å². The SMILES string of the molecule is CCCC(=O)Nc1ccc(NC(=S)NC(=O)c2ccc(I)cc2)cc1. The molecule has 5 nitrogen and oxygen atoms in total. The standard InChI is InChI=1S/C18H18IN3O2S/c1-2-3-16(23)20-14-8-10-15(11-9-14)21-18(25)22-17(24)12-4-6-13(19)7-5-12/h4-11H,2-3H2,1H3,(H,20,23)(H2,21,22,24,25). The molecule has 7 heteroatoms. The molecule has 0 fully saturated rings. The minimum Gasteiger partial charge on any atom is -0.332 e. The van der Waals surface area contributed by atoms with Crippen molar-refractivity contribution in [1.82, 2.24) is 5.32 Å². The summed E-state index contributed by atoms with van der Waals surface area (Å²) in [7, 11) is 0. The van der Waals surface area contributed by atoms with Gasteiger partial charge in [0.15, 0.2) is 5.11 Å². The molecule has 2 aromatic carbocycles. The van der Waals surface area contributed by atoms with Crippen molar-refractivity contribution in [2.24, 2.45) is 0 Å². The fraction of sp³-hybridized carbons (Fsp3) is 0.167. The van der Waals surface area contributed by atoms with Crippen molar-refractivity contribution in [1.29, 1.82) is 0 Å². The van der Waals surface area contributed by atoms with Crippen LogP contribution >= 0.6 is 34.8 Å². The van der Waals surface area contributed by atoms with Crippen LogP contribution in [0, 0.1) is 3.57 Å². The summed E-state index contributed by atoms with van der Waals surface area (Å²) >= 11 is 7.34. The number of carbonyl (C=O) groups excluding carboxylic acids is 2. The second kappa shape index (κ2) is 9.47. The number of halogens is 1. The number of thiocarbonyl (C=S) groups is 1. The summed E-state index contributed by atoms with van der Waals surface area (Å²) in [5.41, 5.74) is 1.98. The highest BCUT2D eigenvalue weighted by Gasteiger charge is 2.08. The van der Waals surface area contributed by atoms with Gasteiger partial charge in [0, 0.05) is 26.9 Å². The number of anilines is 2. The van der Waals surface area contributed by atoms with Crippen LogP contribution in [0.15, 0.2) is 48.5 Å². The van der Waals surface area contributed by atoms with Crippen LogP contribution in [0.5, 0.6) is 0 Å². The van der Waals surface area contributed by atoms with Gasteiger partial charge in [-0.1, -0.05) is 6.92 Å². The molecule has 0 saturated heterocycles. The normalized spacial score (nSPS) is 10.0. The van der Waals surface area contributed by atoms with Gasteiger partial charge in [0.1, 0.15) is 0 Å². The molecule has 2 rings (SSSR count). The van der Waals surface area contributed by atoms with Crippen LogP contribution in [0.1, 0.15) is 30.1 Å². The first kappa shape index (κ1) is 19.3. The molecular formula is C18H18IN3O2S. The summed E-state index contributed by atoms with van der Waals surface area (Å²) in [4.78, 5) is 23.7. The smallest absolute Gasteiger partial charge is 0.257 e. The molecule has 0 heterocycles. The van der Waals surface area contributed by atoms with Crippen LogP contribution in [0.3, 0.4) is 0 Å². The van der Waals surface area contributed by atoms with Crippen LogP contribution < -0.4 is 16.0 Å². The van der Waals surface area contributed by atoms with Gasteiger partial charge in [0.05, 0.1) is 0 Å². The molecule has 0 bridgehead atoms. The van der Waals surface area contributed by atoms with Gasteiger partial charge in [-0.2, -0.15) is 0 Å². The van der Waals surface area contributed by atoms with Crippen molar-refractivity contribution in [3.05, 3.63) is 57.7 Å². The van der Waals surface area contributed by atoms with E-state index in [4.69, 9.17) is 12.2 Å². The molecule has 0 saturated carbocycles. The number of benzene rings is 2. The lowest BCUT2D eigenvalue weighted by atomic mass is 10.2. The number of nitrogens with one attached hydrogen (secondary N) is 3. The van der Waals surface area contributed by atoms with Gasteiger partial charge in [0.2, 0.25) is 5.91 Å². The van der Waals surface area contributed by atoms with Crippen molar-refractivity contribution in [3.63, 3.8) is 0 Å². The maximum absolute atomic E-state index is 12.1. The number of hydrogen-bond donors (Lipinski definition) is 3. The summed E-state index contributed by atoms with van der Waals surface area (Å²) in [6, 6.07) is 14.3. The van der Waals surface area contributed by atoms with Gasteiger partial charge in [0.25, 0.3) is 5.91 Å². The lowest BCUT2D eigenvalue weighted by molar-refractivity contribution is -0.116. The van der Waals surface area contributed by atoms with Gasteiger partial charge in [-0.3, -0.25) is 14.9 Å². The second-order valence-corrected chi connectivity index (χ2v) is 6.94. The molecule has 0 radical (unpaired) electrons. The summed E-state index contributed by atoms with van der Waals surface area (Å²) in [5, 5.41) is 8.61. The Morgan fingerprint density at radius 1 is 0.960 bits per heavy atom. The fourth-order valence-electron chi connectivity index (χ4n) is 2.03. The molecule has 2 amide bonds. The monoisotopic (exact) mass is 467 g/mol. The molecule has 0 aliphatic rings. The highest BCUT2D eigenvalue weighted by Crippen LogP contribution is 2.14. The minimum absolute atomic E-state index is 0.0106. The molecular weight excluding hydrogens is 449 g/mol.